The van der Waals surface area contributed by atoms with E-state index in [9.17, 15) is 10.2 Å². The largest absolute Gasteiger partial charge is 0.507 e. The van der Waals surface area contributed by atoms with Crippen LogP contribution < -0.4 is 0 Å². The second-order valence-electron chi connectivity index (χ2n) is 5.83. The van der Waals surface area contributed by atoms with Crippen molar-refractivity contribution in [3.8, 4) is 39.6 Å². The summed E-state index contributed by atoms with van der Waals surface area (Å²) in [6.45, 7) is 0. The predicted molar refractivity (Wildman–Crippen MR) is 103 cm³/mol. The van der Waals surface area contributed by atoms with Gasteiger partial charge in [0.25, 0.3) is 0 Å². The molecular formula is C21H15ClN2O2. The number of nitrogens with zero attached hydrogens (tertiary/aromatic N) is 2. The average Bonchev–Trinajstić information content (AvgIpc) is 3.12. The fourth-order valence-electron chi connectivity index (χ4n) is 2.95. The van der Waals surface area contributed by atoms with Crippen LogP contribution in [0.5, 0.6) is 11.5 Å². The Balaban J connectivity index is 1.91. The lowest BCUT2D eigenvalue weighted by molar-refractivity contribution is 0.453. The Morgan fingerprint density at radius 2 is 1.46 bits per heavy atom. The van der Waals surface area contributed by atoms with Gasteiger partial charge in [0.2, 0.25) is 0 Å². The first-order chi connectivity index (χ1) is 12.6. The van der Waals surface area contributed by atoms with Crippen molar-refractivity contribution in [3.05, 3.63) is 84.0 Å². The second-order valence-corrected chi connectivity index (χ2v) is 6.24. The van der Waals surface area contributed by atoms with Crippen LogP contribution in [-0.4, -0.2) is 20.0 Å². The van der Waals surface area contributed by atoms with Gasteiger partial charge in [-0.25, -0.2) is 4.68 Å². The van der Waals surface area contributed by atoms with Crippen LogP contribution in [0.2, 0.25) is 5.02 Å². The number of rotatable bonds is 3. The van der Waals surface area contributed by atoms with Gasteiger partial charge in [-0.2, -0.15) is 5.10 Å². The summed E-state index contributed by atoms with van der Waals surface area (Å²) in [7, 11) is 0. The first-order valence-corrected chi connectivity index (χ1v) is 8.43. The van der Waals surface area contributed by atoms with E-state index in [1.54, 1.807) is 29.1 Å². The van der Waals surface area contributed by atoms with Gasteiger partial charge < -0.3 is 10.2 Å². The molecule has 0 atom stereocenters. The second kappa shape index (κ2) is 6.58. The van der Waals surface area contributed by atoms with E-state index in [0.717, 1.165) is 5.56 Å². The van der Waals surface area contributed by atoms with Crippen LogP contribution in [0.25, 0.3) is 28.1 Å². The van der Waals surface area contributed by atoms with Crippen molar-refractivity contribution in [1.29, 1.82) is 0 Å². The standard InChI is InChI=1S/C21H15ClN2O2/c22-17-8-4-5-9-19(17)24-18(10-11-23-24)16-12-15(20(25)13-21(16)26)14-6-2-1-3-7-14/h1-13,25-26H. The van der Waals surface area contributed by atoms with Gasteiger partial charge >= 0.3 is 0 Å². The summed E-state index contributed by atoms with van der Waals surface area (Å²) in [4.78, 5) is 0. The molecule has 0 aliphatic rings. The van der Waals surface area contributed by atoms with Gasteiger partial charge in [-0.15, -0.1) is 0 Å². The van der Waals surface area contributed by atoms with Gasteiger partial charge in [0.05, 0.1) is 22.6 Å². The summed E-state index contributed by atoms with van der Waals surface area (Å²) in [6.07, 6.45) is 1.65. The van der Waals surface area contributed by atoms with Crippen LogP contribution >= 0.6 is 11.6 Å². The summed E-state index contributed by atoms with van der Waals surface area (Å²) in [5.41, 5.74) is 3.43. The smallest absolute Gasteiger partial charge is 0.128 e. The molecule has 5 heteroatoms. The van der Waals surface area contributed by atoms with Gasteiger partial charge in [-0.3, -0.25) is 0 Å². The Labute approximate surface area is 155 Å². The Bertz CT molecular complexity index is 1070. The highest BCUT2D eigenvalue weighted by Gasteiger charge is 2.17. The zero-order chi connectivity index (χ0) is 18.1. The van der Waals surface area contributed by atoms with E-state index in [0.29, 0.717) is 27.5 Å². The highest BCUT2D eigenvalue weighted by molar-refractivity contribution is 6.32. The van der Waals surface area contributed by atoms with Crippen molar-refractivity contribution >= 4 is 11.6 Å². The third-order valence-electron chi connectivity index (χ3n) is 4.20. The van der Waals surface area contributed by atoms with Gasteiger partial charge in [0.1, 0.15) is 11.5 Å². The molecule has 128 valence electrons. The first-order valence-electron chi connectivity index (χ1n) is 8.06. The third-order valence-corrected chi connectivity index (χ3v) is 4.52. The Kier molecular flexibility index (Phi) is 4.11. The van der Waals surface area contributed by atoms with Gasteiger partial charge in [-0.05, 0) is 29.8 Å². The van der Waals surface area contributed by atoms with E-state index in [4.69, 9.17) is 11.6 Å². The highest BCUT2D eigenvalue weighted by Crippen LogP contribution is 2.40. The molecule has 4 nitrogen and oxygen atoms in total. The molecule has 4 aromatic rings. The lowest BCUT2D eigenvalue weighted by Crippen LogP contribution is -2.00. The quantitative estimate of drug-likeness (QED) is 0.522. The van der Waals surface area contributed by atoms with E-state index < -0.39 is 0 Å². The minimum Gasteiger partial charge on any atom is -0.507 e. The maximum Gasteiger partial charge on any atom is 0.128 e. The maximum absolute atomic E-state index is 10.4. The zero-order valence-electron chi connectivity index (χ0n) is 13.7. The molecule has 0 amide bonds. The summed E-state index contributed by atoms with van der Waals surface area (Å²) in [6, 6.07) is 21.8. The number of phenols is 2. The first kappa shape index (κ1) is 16.2. The molecule has 0 bridgehead atoms. The third kappa shape index (κ3) is 2.80. The molecule has 26 heavy (non-hydrogen) atoms. The normalized spacial score (nSPS) is 10.8. The van der Waals surface area contributed by atoms with E-state index in [-0.39, 0.29) is 11.5 Å². The number of phenolic OH excluding ortho intramolecular Hbond substituents is 2. The van der Waals surface area contributed by atoms with Crippen LogP contribution in [0.1, 0.15) is 0 Å². The molecule has 2 N–H and O–H groups in total. The van der Waals surface area contributed by atoms with Crippen molar-refractivity contribution in [2.75, 3.05) is 0 Å². The molecule has 0 unspecified atom stereocenters. The van der Waals surface area contributed by atoms with Crippen LogP contribution in [0.3, 0.4) is 0 Å². The van der Waals surface area contributed by atoms with Gasteiger partial charge in [0.15, 0.2) is 0 Å². The zero-order valence-corrected chi connectivity index (χ0v) is 14.4. The molecule has 0 spiro atoms. The van der Waals surface area contributed by atoms with Gasteiger partial charge in [-0.1, -0.05) is 54.1 Å². The molecule has 1 heterocycles. The molecule has 4 rings (SSSR count). The fourth-order valence-corrected chi connectivity index (χ4v) is 3.17. The maximum atomic E-state index is 10.4. The van der Waals surface area contributed by atoms with Gasteiger partial charge in [0, 0.05) is 17.2 Å². The van der Waals surface area contributed by atoms with E-state index in [1.807, 2.05) is 48.5 Å². The number of benzene rings is 3. The van der Waals surface area contributed by atoms with Crippen molar-refractivity contribution in [1.82, 2.24) is 9.78 Å². The number of halogens is 1. The Morgan fingerprint density at radius 1 is 0.769 bits per heavy atom. The van der Waals surface area contributed by atoms with E-state index in [2.05, 4.69) is 5.10 Å². The minimum atomic E-state index is -0.0315. The number of para-hydroxylation sites is 1. The van der Waals surface area contributed by atoms with Crippen LogP contribution in [-0.2, 0) is 0 Å². The molecule has 3 aromatic carbocycles. The summed E-state index contributed by atoms with van der Waals surface area (Å²) >= 11 is 6.30. The average molecular weight is 363 g/mol. The van der Waals surface area contributed by atoms with Crippen molar-refractivity contribution in [3.63, 3.8) is 0 Å². The van der Waals surface area contributed by atoms with Crippen molar-refractivity contribution in [2.24, 2.45) is 0 Å². The monoisotopic (exact) mass is 362 g/mol. The van der Waals surface area contributed by atoms with Crippen LogP contribution in [0, 0.1) is 0 Å². The van der Waals surface area contributed by atoms with Crippen LogP contribution in [0.15, 0.2) is 79.0 Å². The number of hydrogen-bond acceptors (Lipinski definition) is 3. The van der Waals surface area contributed by atoms with E-state index in [1.165, 1.54) is 6.07 Å². The number of aromatic nitrogens is 2. The SMILES string of the molecule is Oc1cc(O)c(-c2ccnn2-c2ccccc2Cl)cc1-c1ccccc1. The lowest BCUT2D eigenvalue weighted by atomic mass is 9.99. The summed E-state index contributed by atoms with van der Waals surface area (Å²) < 4.78 is 1.67. The topological polar surface area (TPSA) is 58.3 Å². The van der Waals surface area contributed by atoms with Crippen molar-refractivity contribution < 1.29 is 10.2 Å². The number of aromatic hydroxyl groups is 2. The predicted octanol–water partition coefficient (Wildman–Crippen LogP) is 5.27. The molecule has 0 radical (unpaired) electrons. The Morgan fingerprint density at radius 3 is 2.23 bits per heavy atom. The lowest BCUT2D eigenvalue weighted by Gasteiger charge is -2.13. The number of hydrogen-bond donors (Lipinski definition) is 2. The minimum absolute atomic E-state index is 0.0151. The summed E-state index contributed by atoms with van der Waals surface area (Å²) in [5.74, 6) is -0.0164. The molecule has 0 fully saturated rings. The Hall–Kier alpha value is -3.24. The fraction of sp³-hybridized carbons (Fsp3) is 0. The highest BCUT2D eigenvalue weighted by atomic mass is 35.5. The van der Waals surface area contributed by atoms with Crippen LogP contribution in [0.4, 0.5) is 0 Å². The molecule has 0 aliphatic heterocycles. The molecular weight excluding hydrogens is 348 g/mol. The van der Waals surface area contributed by atoms with E-state index >= 15 is 0 Å². The molecule has 0 saturated heterocycles. The summed E-state index contributed by atoms with van der Waals surface area (Å²) in [5, 5.41) is 25.6. The molecule has 1 aromatic heterocycles. The molecule has 0 saturated carbocycles. The molecule has 0 aliphatic carbocycles. The van der Waals surface area contributed by atoms with Crippen molar-refractivity contribution in [2.45, 2.75) is 0 Å².